The zero-order valence-corrected chi connectivity index (χ0v) is 24.8. The summed E-state index contributed by atoms with van der Waals surface area (Å²) in [5, 5.41) is 2.59. The van der Waals surface area contributed by atoms with Crippen molar-refractivity contribution in [2.75, 3.05) is 34.1 Å². The summed E-state index contributed by atoms with van der Waals surface area (Å²) in [6, 6.07) is 19.6. The first-order valence-electron chi connectivity index (χ1n) is 13.1. The van der Waals surface area contributed by atoms with Crippen LogP contribution in [-0.4, -0.2) is 42.5 Å². The van der Waals surface area contributed by atoms with E-state index in [1.165, 1.54) is 54.6 Å². The Hall–Kier alpha value is -4.62. The van der Waals surface area contributed by atoms with Crippen molar-refractivity contribution in [1.82, 2.24) is 0 Å². The molecule has 1 aliphatic rings. The summed E-state index contributed by atoms with van der Waals surface area (Å²) in [6.07, 6.45) is 0. The van der Waals surface area contributed by atoms with Gasteiger partial charge in [0.25, 0.3) is 20.0 Å². The fourth-order valence-electron chi connectivity index (χ4n) is 4.41. The maximum Gasteiger partial charge on any atom is 0.264 e. The number of hydrogen-bond acceptors (Lipinski definition) is 7. The van der Waals surface area contributed by atoms with Crippen LogP contribution in [0, 0.1) is 19.7 Å². The molecule has 0 unspecified atom stereocenters. The zero-order valence-electron chi connectivity index (χ0n) is 23.2. The molecular formula is C30H28FN3O7S2. The molecule has 0 saturated heterocycles. The van der Waals surface area contributed by atoms with Crippen molar-refractivity contribution in [2.24, 2.45) is 0 Å². The van der Waals surface area contributed by atoms with Crippen LogP contribution in [0.2, 0.25) is 0 Å². The number of sulfonamides is 2. The number of hydrogen-bond donors (Lipinski definition) is 2. The van der Waals surface area contributed by atoms with Crippen LogP contribution in [0.4, 0.5) is 21.5 Å². The summed E-state index contributed by atoms with van der Waals surface area (Å²) in [7, 11) is -8.23. The molecule has 0 radical (unpaired) electrons. The summed E-state index contributed by atoms with van der Waals surface area (Å²) in [6.45, 7) is 3.63. The summed E-state index contributed by atoms with van der Waals surface area (Å²) < 4.78 is 81.3. The number of halogens is 1. The molecule has 4 aromatic rings. The van der Waals surface area contributed by atoms with E-state index in [1.807, 2.05) is 13.0 Å². The van der Waals surface area contributed by atoms with Crippen molar-refractivity contribution >= 4 is 43.0 Å². The van der Waals surface area contributed by atoms with E-state index in [2.05, 4.69) is 10.0 Å². The molecule has 0 fully saturated rings. The molecule has 0 aliphatic carbocycles. The molecule has 43 heavy (non-hydrogen) atoms. The van der Waals surface area contributed by atoms with E-state index in [9.17, 15) is 26.0 Å². The van der Waals surface area contributed by atoms with Gasteiger partial charge in [-0.3, -0.25) is 13.8 Å². The summed E-state index contributed by atoms with van der Waals surface area (Å²) in [4.78, 5) is 12.9. The minimum absolute atomic E-state index is 0.0281. The molecule has 0 aromatic heterocycles. The van der Waals surface area contributed by atoms with Gasteiger partial charge in [0, 0.05) is 11.8 Å². The average molecular weight is 626 g/mol. The third-order valence-electron chi connectivity index (χ3n) is 6.58. The van der Waals surface area contributed by atoms with Crippen LogP contribution >= 0.6 is 0 Å². The molecule has 1 aliphatic heterocycles. The Kier molecular flexibility index (Phi) is 8.29. The largest absolute Gasteiger partial charge is 0.486 e. The maximum atomic E-state index is 13.7. The normalized spacial score (nSPS) is 12.8. The van der Waals surface area contributed by atoms with Crippen molar-refractivity contribution in [1.29, 1.82) is 0 Å². The van der Waals surface area contributed by atoms with Gasteiger partial charge in [0.2, 0.25) is 5.91 Å². The van der Waals surface area contributed by atoms with Crippen LogP contribution in [-0.2, 0) is 24.8 Å². The van der Waals surface area contributed by atoms with Crippen LogP contribution in [0.15, 0.2) is 94.7 Å². The molecule has 5 rings (SSSR count). The lowest BCUT2D eigenvalue weighted by atomic mass is 10.1. The second-order valence-corrected chi connectivity index (χ2v) is 13.3. The molecule has 1 amide bonds. The number of nitrogens with zero attached hydrogens (tertiary/aromatic N) is 1. The van der Waals surface area contributed by atoms with Gasteiger partial charge >= 0.3 is 0 Å². The standard InChI is InChI=1S/C30H28FN3O7S2/c1-20-3-13-27(21(2)17-20)33-42(36,37)25-10-6-23(7-11-25)32-30(35)19-34(24-8-4-22(31)5-9-24)43(38,39)26-12-14-28-29(18-26)41-16-15-40-28/h3-14,17-18,33H,15-16,19H2,1-2H3,(H,32,35). The lowest BCUT2D eigenvalue weighted by molar-refractivity contribution is -0.114. The smallest absolute Gasteiger partial charge is 0.264 e. The highest BCUT2D eigenvalue weighted by Gasteiger charge is 2.29. The van der Waals surface area contributed by atoms with Gasteiger partial charge in [-0.15, -0.1) is 0 Å². The molecular weight excluding hydrogens is 597 g/mol. The highest BCUT2D eigenvalue weighted by Crippen LogP contribution is 2.34. The molecule has 2 N–H and O–H groups in total. The molecule has 0 spiro atoms. The zero-order chi connectivity index (χ0) is 30.8. The molecule has 1 heterocycles. The van der Waals surface area contributed by atoms with Crippen molar-refractivity contribution in [3.05, 3.63) is 102 Å². The Morgan fingerprint density at radius 3 is 2.14 bits per heavy atom. The minimum Gasteiger partial charge on any atom is -0.486 e. The Balaban J connectivity index is 1.35. The van der Waals surface area contributed by atoms with E-state index < -0.39 is 38.3 Å². The Morgan fingerprint density at radius 1 is 0.814 bits per heavy atom. The number of rotatable bonds is 9. The Labute approximate surface area is 249 Å². The van der Waals surface area contributed by atoms with Gasteiger partial charge in [0.1, 0.15) is 25.6 Å². The Morgan fingerprint density at radius 2 is 1.47 bits per heavy atom. The predicted octanol–water partition coefficient (Wildman–Crippen LogP) is 4.85. The van der Waals surface area contributed by atoms with E-state index in [0.29, 0.717) is 18.0 Å². The van der Waals surface area contributed by atoms with E-state index in [-0.39, 0.29) is 33.5 Å². The van der Waals surface area contributed by atoms with Crippen LogP contribution in [0.25, 0.3) is 0 Å². The fourth-order valence-corrected chi connectivity index (χ4v) is 6.98. The van der Waals surface area contributed by atoms with E-state index >= 15 is 0 Å². The lowest BCUT2D eigenvalue weighted by Gasteiger charge is -2.25. The topological polar surface area (TPSA) is 131 Å². The maximum absolute atomic E-state index is 13.7. The van der Waals surface area contributed by atoms with Gasteiger partial charge in [-0.2, -0.15) is 0 Å². The van der Waals surface area contributed by atoms with Crippen molar-refractivity contribution in [3.8, 4) is 11.5 Å². The molecule has 224 valence electrons. The van der Waals surface area contributed by atoms with Crippen molar-refractivity contribution in [2.45, 2.75) is 23.6 Å². The molecule has 4 aromatic carbocycles. The first-order valence-corrected chi connectivity index (χ1v) is 16.0. The Bertz CT molecular complexity index is 1880. The second-order valence-electron chi connectivity index (χ2n) is 9.79. The van der Waals surface area contributed by atoms with Crippen LogP contribution in [0.1, 0.15) is 11.1 Å². The van der Waals surface area contributed by atoms with Crippen LogP contribution in [0.5, 0.6) is 11.5 Å². The van der Waals surface area contributed by atoms with Crippen LogP contribution < -0.4 is 23.8 Å². The van der Waals surface area contributed by atoms with E-state index in [0.717, 1.165) is 27.6 Å². The number of ether oxygens (including phenoxy) is 2. The number of carbonyl (C=O) groups is 1. The lowest BCUT2D eigenvalue weighted by Crippen LogP contribution is -2.38. The number of amides is 1. The monoisotopic (exact) mass is 625 g/mol. The summed E-state index contributed by atoms with van der Waals surface area (Å²) >= 11 is 0. The van der Waals surface area contributed by atoms with Gasteiger partial charge in [-0.25, -0.2) is 21.2 Å². The number of fused-ring (bicyclic) bond motifs is 1. The second kappa shape index (κ2) is 11.9. The fraction of sp³-hybridized carbons (Fsp3) is 0.167. The number of aryl methyl sites for hydroxylation is 2. The summed E-state index contributed by atoms with van der Waals surface area (Å²) in [5.41, 5.74) is 2.52. The van der Waals surface area contributed by atoms with Gasteiger partial charge in [-0.05, 0) is 86.1 Å². The predicted molar refractivity (Wildman–Crippen MR) is 160 cm³/mol. The number of anilines is 3. The van der Waals surface area contributed by atoms with Gasteiger partial charge in [0.15, 0.2) is 11.5 Å². The first-order chi connectivity index (χ1) is 20.4. The average Bonchev–Trinajstić information content (AvgIpc) is 2.98. The van der Waals surface area contributed by atoms with E-state index in [1.54, 1.807) is 19.1 Å². The van der Waals surface area contributed by atoms with Crippen LogP contribution in [0.3, 0.4) is 0 Å². The molecule has 0 saturated carbocycles. The summed E-state index contributed by atoms with van der Waals surface area (Å²) in [5.74, 6) is -0.648. The van der Waals surface area contributed by atoms with Crippen molar-refractivity contribution < 1.29 is 35.5 Å². The quantitative estimate of drug-likeness (QED) is 0.272. The first kappa shape index (κ1) is 29.9. The highest BCUT2D eigenvalue weighted by molar-refractivity contribution is 7.93. The minimum atomic E-state index is -4.32. The number of carbonyl (C=O) groups excluding carboxylic acids is 1. The number of benzene rings is 4. The molecule has 13 heteroatoms. The molecule has 10 nitrogen and oxygen atoms in total. The molecule has 0 atom stereocenters. The third kappa shape index (κ3) is 6.73. The highest BCUT2D eigenvalue weighted by atomic mass is 32.2. The van der Waals surface area contributed by atoms with Gasteiger partial charge < -0.3 is 14.8 Å². The third-order valence-corrected chi connectivity index (χ3v) is 9.73. The molecule has 0 bridgehead atoms. The van der Waals surface area contributed by atoms with Gasteiger partial charge in [-0.1, -0.05) is 17.7 Å². The van der Waals surface area contributed by atoms with Gasteiger partial charge in [0.05, 0.1) is 21.2 Å². The SMILES string of the molecule is Cc1ccc(NS(=O)(=O)c2ccc(NC(=O)CN(c3ccc(F)cc3)S(=O)(=O)c3ccc4c(c3)OCCO4)cc2)c(C)c1. The van der Waals surface area contributed by atoms with E-state index in [4.69, 9.17) is 9.47 Å². The number of nitrogens with one attached hydrogen (secondary N) is 2. The van der Waals surface area contributed by atoms with Crippen molar-refractivity contribution in [3.63, 3.8) is 0 Å².